The van der Waals surface area contributed by atoms with Crippen molar-refractivity contribution in [1.29, 1.82) is 0 Å². The lowest BCUT2D eigenvalue weighted by Gasteiger charge is -2.28. The van der Waals surface area contributed by atoms with Crippen LogP contribution < -0.4 is 9.64 Å². The molecule has 0 saturated heterocycles. The van der Waals surface area contributed by atoms with Crippen molar-refractivity contribution >= 4 is 22.9 Å². The zero-order chi connectivity index (χ0) is 16.8. The molecule has 0 spiro atoms. The molecule has 1 aliphatic heterocycles. The highest BCUT2D eigenvalue weighted by Gasteiger charge is 2.24. The van der Waals surface area contributed by atoms with E-state index in [1.807, 2.05) is 12.1 Å². The van der Waals surface area contributed by atoms with Gasteiger partial charge in [-0.3, -0.25) is 0 Å². The summed E-state index contributed by atoms with van der Waals surface area (Å²) in [5, 5.41) is 0.775. The van der Waals surface area contributed by atoms with Crippen molar-refractivity contribution in [3.8, 4) is 5.75 Å². The number of anilines is 1. The number of methoxy groups -OCH3 is 1. The Morgan fingerprint density at radius 1 is 1.26 bits per heavy atom. The highest BCUT2D eigenvalue weighted by molar-refractivity contribution is 6.35. The molecule has 3 nitrogen and oxygen atoms in total. The van der Waals surface area contributed by atoms with Crippen LogP contribution >= 0.6 is 11.6 Å². The van der Waals surface area contributed by atoms with E-state index in [2.05, 4.69) is 31.7 Å². The first kappa shape index (κ1) is 18.2. The normalized spacial score (nSPS) is 17.3. The van der Waals surface area contributed by atoms with Crippen LogP contribution in [0.4, 0.5) is 5.69 Å². The highest BCUT2D eigenvalue weighted by Crippen LogP contribution is 2.42. The molecule has 0 aliphatic carbocycles. The maximum absolute atomic E-state index is 6.83. The van der Waals surface area contributed by atoms with Crippen molar-refractivity contribution < 1.29 is 9.47 Å². The molecule has 0 bridgehead atoms. The Labute approximate surface area is 145 Å². The average Bonchev–Trinajstić information content (AvgIpc) is 2.97. The van der Waals surface area contributed by atoms with Crippen LogP contribution in [-0.4, -0.2) is 32.9 Å². The van der Waals surface area contributed by atoms with Gasteiger partial charge in [0.25, 0.3) is 0 Å². The zero-order valence-corrected chi connectivity index (χ0v) is 15.4. The summed E-state index contributed by atoms with van der Waals surface area (Å²) in [5.41, 5.74) is 3.25. The summed E-state index contributed by atoms with van der Waals surface area (Å²) in [6.07, 6.45) is 5.60. The molecule has 0 fully saturated rings. The maximum atomic E-state index is 6.83. The highest BCUT2D eigenvalue weighted by atomic mass is 35.5. The van der Waals surface area contributed by atoms with Crippen molar-refractivity contribution in [2.45, 2.75) is 46.1 Å². The van der Waals surface area contributed by atoms with Gasteiger partial charge in [-0.15, -0.1) is 0 Å². The number of rotatable bonds is 8. The molecule has 1 heterocycles. The lowest BCUT2D eigenvalue weighted by molar-refractivity contribution is 0.147. The van der Waals surface area contributed by atoms with Gasteiger partial charge in [0.1, 0.15) is 5.75 Å². The van der Waals surface area contributed by atoms with E-state index < -0.39 is 0 Å². The minimum absolute atomic E-state index is 0.0870. The van der Waals surface area contributed by atoms with E-state index in [9.17, 15) is 0 Å². The zero-order valence-electron chi connectivity index (χ0n) is 14.7. The van der Waals surface area contributed by atoms with Crippen molar-refractivity contribution in [1.82, 2.24) is 0 Å². The van der Waals surface area contributed by atoms with Crippen LogP contribution in [0.1, 0.15) is 45.6 Å². The van der Waals surface area contributed by atoms with Gasteiger partial charge >= 0.3 is 0 Å². The van der Waals surface area contributed by atoms with Gasteiger partial charge in [-0.2, -0.15) is 0 Å². The summed E-state index contributed by atoms with van der Waals surface area (Å²) in [6, 6.07) is 4.07. The van der Waals surface area contributed by atoms with Crippen LogP contribution in [-0.2, 0) is 4.74 Å². The predicted molar refractivity (Wildman–Crippen MR) is 98.8 cm³/mol. The van der Waals surface area contributed by atoms with Crippen molar-refractivity contribution in [2.24, 2.45) is 0 Å². The number of hydrogen-bond acceptors (Lipinski definition) is 3. The monoisotopic (exact) mass is 337 g/mol. The molecule has 4 heteroatoms. The minimum Gasteiger partial charge on any atom is -0.495 e. The van der Waals surface area contributed by atoms with E-state index in [0.29, 0.717) is 6.61 Å². The largest absolute Gasteiger partial charge is 0.495 e. The Kier molecular flexibility index (Phi) is 6.79. The molecular weight excluding hydrogens is 310 g/mol. The van der Waals surface area contributed by atoms with Crippen LogP contribution in [0.3, 0.4) is 0 Å². The molecule has 23 heavy (non-hydrogen) atoms. The van der Waals surface area contributed by atoms with Gasteiger partial charge in [0.05, 0.1) is 30.5 Å². The molecule has 1 aromatic rings. The summed E-state index contributed by atoms with van der Waals surface area (Å²) in [6.45, 7) is 9.10. The van der Waals surface area contributed by atoms with E-state index in [0.717, 1.165) is 54.4 Å². The third-order valence-electron chi connectivity index (χ3n) is 4.29. The second-order valence-corrected chi connectivity index (χ2v) is 6.33. The average molecular weight is 338 g/mol. The third-order valence-corrected chi connectivity index (χ3v) is 4.67. The molecule has 0 saturated carbocycles. The molecule has 1 unspecified atom stereocenters. The van der Waals surface area contributed by atoms with Crippen LogP contribution in [0, 0.1) is 0 Å². The molecule has 1 aromatic carbocycles. The van der Waals surface area contributed by atoms with E-state index in [4.69, 9.17) is 21.1 Å². The Balaban J connectivity index is 2.46. The Morgan fingerprint density at radius 2 is 2.04 bits per heavy atom. The molecule has 0 aromatic heterocycles. The van der Waals surface area contributed by atoms with E-state index in [1.54, 1.807) is 7.11 Å². The number of ether oxygens (including phenoxy) is 2. The summed E-state index contributed by atoms with van der Waals surface area (Å²) in [5.74, 6) is 0.843. The van der Waals surface area contributed by atoms with Gasteiger partial charge < -0.3 is 14.4 Å². The standard InChI is InChI=1S/C19H28ClNO2/c1-5-7-12-21(11-6-2)19-17(22-4)9-8-16(18(19)20)15-10-13-23-14(15)3/h8-10,14H,5-7,11-13H2,1-4H3. The third kappa shape index (κ3) is 4.02. The van der Waals surface area contributed by atoms with E-state index in [-0.39, 0.29) is 6.10 Å². The van der Waals surface area contributed by atoms with E-state index >= 15 is 0 Å². The van der Waals surface area contributed by atoms with Gasteiger partial charge in [-0.05, 0) is 37.5 Å². The topological polar surface area (TPSA) is 21.7 Å². The molecule has 0 amide bonds. The number of benzene rings is 1. The Hall–Kier alpha value is -1.19. The van der Waals surface area contributed by atoms with Crippen LogP contribution in [0.5, 0.6) is 5.75 Å². The van der Waals surface area contributed by atoms with Gasteiger partial charge in [0.15, 0.2) is 0 Å². The molecular formula is C19H28ClNO2. The molecule has 0 N–H and O–H groups in total. The van der Waals surface area contributed by atoms with Gasteiger partial charge in [-0.1, -0.05) is 37.9 Å². The first-order valence-corrected chi connectivity index (χ1v) is 8.95. The molecule has 2 rings (SSSR count). The van der Waals surface area contributed by atoms with Gasteiger partial charge in [0.2, 0.25) is 0 Å². The number of unbranched alkanes of at least 4 members (excludes halogenated alkanes) is 1. The van der Waals surface area contributed by atoms with Crippen molar-refractivity contribution in [3.05, 3.63) is 28.8 Å². The van der Waals surface area contributed by atoms with Crippen LogP contribution in [0.25, 0.3) is 5.57 Å². The SMILES string of the molecule is CCCCN(CCC)c1c(OC)ccc(C2=CCOC2C)c1Cl. The van der Waals surface area contributed by atoms with Gasteiger partial charge in [0, 0.05) is 18.7 Å². The van der Waals surface area contributed by atoms with Crippen LogP contribution in [0.2, 0.25) is 5.02 Å². The maximum Gasteiger partial charge on any atom is 0.143 e. The summed E-state index contributed by atoms with van der Waals surface area (Å²) >= 11 is 6.83. The Bertz CT molecular complexity index is 557. The quantitative estimate of drug-likeness (QED) is 0.653. The molecule has 1 atom stereocenters. The number of nitrogens with zero attached hydrogens (tertiary/aromatic N) is 1. The Morgan fingerprint density at radius 3 is 2.61 bits per heavy atom. The lowest BCUT2D eigenvalue weighted by atomic mass is 10.0. The predicted octanol–water partition coefficient (Wildman–Crippen LogP) is 5.17. The fourth-order valence-electron chi connectivity index (χ4n) is 3.05. The number of hydrogen-bond donors (Lipinski definition) is 0. The van der Waals surface area contributed by atoms with Gasteiger partial charge in [-0.25, -0.2) is 0 Å². The van der Waals surface area contributed by atoms with E-state index in [1.165, 1.54) is 5.57 Å². The molecule has 128 valence electrons. The summed E-state index contributed by atoms with van der Waals surface area (Å²) in [4.78, 5) is 2.36. The first-order chi connectivity index (χ1) is 11.1. The first-order valence-electron chi connectivity index (χ1n) is 8.57. The second-order valence-electron chi connectivity index (χ2n) is 5.95. The summed E-state index contributed by atoms with van der Waals surface area (Å²) < 4.78 is 11.2. The fraction of sp³-hybridized carbons (Fsp3) is 0.579. The minimum atomic E-state index is 0.0870. The lowest BCUT2D eigenvalue weighted by Crippen LogP contribution is -2.26. The molecule has 0 radical (unpaired) electrons. The number of halogens is 1. The van der Waals surface area contributed by atoms with Crippen LogP contribution in [0.15, 0.2) is 18.2 Å². The molecule has 1 aliphatic rings. The van der Waals surface area contributed by atoms with Crippen molar-refractivity contribution in [3.63, 3.8) is 0 Å². The summed E-state index contributed by atoms with van der Waals surface area (Å²) in [7, 11) is 1.71. The second kappa shape index (κ2) is 8.60. The smallest absolute Gasteiger partial charge is 0.143 e. The van der Waals surface area contributed by atoms with Crippen molar-refractivity contribution in [2.75, 3.05) is 31.7 Å². The fourth-order valence-corrected chi connectivity index (χ4v) is 3.44.